The Morgan fingerprint density at radius 2 is 1.94 bits per heavy atom. The molecule has 0 radical (unpaired) electrons. The van der Waals surface area contributed by atoms with Crippen LogP contribution in [0.4, 0.5) is 0 Å². The van der Waals surface area contributed by atoms with Crippen LogP contribution in [-0.4, -0.2) is 33.1 Å². The zero-order chi connectivity index (χ0) is 22.1. The molecule has 0 bridgehead atoms. The van der Waals surface area contributed by atoms with E-state index in [4.69, 9.17) is 14.2 Å². The number of ketones is 1. The Bertz CT molecular complexity index is 1080. The number of methoxy groups -OCH3 is 3. The van der Waals surface area contributed by atoms with Gasteiger partial charge in [-0.15, -0.1) is 11.3 Å². The quantitative estimate of drug-likeness (QED) is 0.701. The molecule has 0 saturated heterocycles. The molecule has 1 aromatic carbocycles. The molecule has 1 aromatic heterocycles. The van der Waals surface area contributed by atoms with Crippen molar-refractivity contribution in [2.45, 2.75) is 31.6 Å². The molecular formula is C24H25NO5S. The summed E-state index contributed by atoms with van der Waals surface area (Å²) < 4.78 is 16.0. The first kappa shape index (κ1) is 21.2. The number of thiophene rings is 1. The second kappa shape index (κ2) is 8.59. The molecule has 0 fully saturated rings. The number of allylic oxidation sites excluding steroid dienone is 3. The number of Topliss-reactive ketones (excluding diaryl/α,β-unsaturated/α-hetero) is 1. The summed E-state index contributed by atoms with van der Waals surface area (Å²) in [6, 6.07) is 9.55. The maximum atomic E-state index is 13.5. The Kier molecular flexibility index (Phi) is 5.87. The van der Waals surface area contributed by atoms with Crippen molar-refractivity contribution in [1.29, 1.82) is 0 Å². The van der Waals surface area contributed by atoms with E-state index in [1.807, 2.05) is 42.6 Å². The summed E-state index contributed by atoms with van der Waals surface area (Å²) in [4.78, 5) is 27.1. The summed E-state index contributed by atoms with van der Waals surface area (Å²) in [6.07, 6.45) is 0.970. The van der Waals surface area contributed by atoms with E-state index in [0.29, 0.717) is 24.0 Å². The van der Waals surface area contributed by atoms with E-state index in [-0.39, 0.29) is 11.7 Å². The van der Waals surface area contributed by atoms with E-state index >= 15 is 0 Å². The second-order valence-electron chi connectivity index (χ2n) is 7.63. The van der Waals surface area contributed by atoms with Crippen molar-refractivity contribution in [2.75, 3.05) is 21.3 Å². The number of esters is 1. The van der Waals surface area contributed by atoms with E-state index in [2.05, 4.69) is 5.32 Å². The fourth-order valence-electron chi connectivity index (χ4n) is 4.54. The van der Waals surface area contributed by atoms with Gasteiger partial charge in [0.15, 0.2) is 5.78 Å². The van der Waals surface area contributed by atoms with Crippen molar-refractivity contribution in [2.24, 2.45) is 0 Å². The average Bonchev–Trinajstić information content (AvgIpc) is 3.31. The fourth-order valence-corrected chi connectivity index (χ4v) is 5.38. The molecule has 4 rings (SSSR count). The highest BCUT2D eigenvalue weighted by Gasteiger charge is 2.42. The lowest BCUT2D eigenvalue weighted by molar-refractivity contribution is -0.136. The molecule has 7 heteroatoms. The fraction of sp³-hybridized carbons (Fsp3) is 0.333. The molecular weight excluding hydrogens is 414 g/mol. The van der Waals surface area contributed by atoms with Gasteiger partial charge in [0, 0.05) is 39.7 Å². The Morgan fingerprint density at radius 1 is 1.13 bits per heavy atom. The summed E-state index contributed by atoms with van der Waals surface area (Å²) in [7, 11) is 4.61. The van der Waals surface area contributed by atoms with Crippen LogP contribution in [-0.2, 0) is 14.3 Å². The van der Waals surface area contributed by atoms with E-state index in [9.17, 15) is 9.59 Å². The van der Waals surface area contributed by atoms with E-state index < -0.39 is 11.9 Å². The van der Waals surface area contributed by atoms with Gasteiger partial charge in [-0.3, -0.25) is 4.79 Å². The summed E-state index contributed by atoms with van der Waals surface area (Å²) in [5, 5.41) is 5.30. The zero-order valence-corrected chi connectivity index (χ0v) is 18.8. The summed E-state index contributed by atoms with van der Waals surface area (Å²) >= 11 is 1.54. The lowest BCUT2D eigenvalue weighted by atomic mass is 9.73. The second-order valence-corrected chi connectivity index (χ2v) is 8.61. The molecule has 1 N–H and O–H groups in total. The van der Waals surface area contributed by atoms with Crippen LogP contribution < -0.4 is 14.8 Å². The van der Waals surface area contributed by atoms with Crippen molar-refractivity contribution < 1.29 is 23.8 Å². The van der Waals surface area contributed by atoms with Crippen molar-refractivity contribution in [3.63, 3.8) is 0 Å². The van der Waals surface area contributed by atoms with Crippen LogP contribution in [0.2, 0.25) is 0 Å². The zero-order valence-electron chi connectivity index (χ0n) is 18.0. The molecule has 162 valence electrons. The maximum Gasteiger partial charge on any atom is 0.336 e. The minimum absolute atomic E-state index is 0.0240. The van der Waals surface area contributed by atoms with Crippen molar-refractivity contribution in [3.8, 4) is 11.5 Å². The molecule has 0 saturated carbocycles. The standard InChI is InChI=1S/C24H25NO5S/c1-13-21(24(27)30-4)23(20-6-5-9-31-20)22-17(25-13)10-14(11-18(22)26)16-12-15(28-2)7-8-19(16)29-3/h5-9,12,14,23,25H,10-11H2,1-4H3/t14-,23+/m1/s1. The number of rotatable bonds is 5. The Hall–Kier alpha value is -3.06. The highest BCUT2D eigenvalue weighted by atomic mass is 32.1. The molecule has 2 heterocycles. The third-order valence-corrected chi connectivity index (χ3v) is 6.87. The largest absolute Gasteiger partial charge is 0.497 e. The minimum atomic E-state index is -0.417. The number of nitrogens with one attached hydrogen (secondary N) is 1. The Labute approximate surface area is 185 Å². The monoisotopic (exact) mass is 439 g/mol. The predicted molar refractivity (Wildman–Crippen MR) is 118 cm³/mol. The highest BCUT2D eigenvalue weighted by molar-refractivity contribution is 7.10. The van der Waals surface area contributed by atoms with Crippen LogP contribution in [0.5, 0.6) is 11.5 Å². The van der Waals surface area contributed by atoms with Crippen molar-refractivity contribution in [3.05, 3.63) is 68.7 Å². The highest BCUT2D eigenvalue weighted by Crippen LogP contribution is 2.48. The first-order valence-corrected chi connectivity index (χ1v) is 10.9. The van der Waals surface area contributed by atoms with Crippen LogP contribution >= 0.6 is 11.3 Å². The van der Waals surface area contributed by atoms with E-state index in [1.165, 1.54) is 18.4 Å². The van der Waals surface area contributed by atoms with Crippen LogP contribution in [0.25, 0.3) is 0 Å². The first-order chi connectivity index (χ1) is 15.0. The lowest BCUT2D eigenvalue weighted by Gasteiger charge is -2.36. The van der Waals surface area contributed by atoms with Crippen LogP contribution in [0.3, 0.4) is 0 Å². The molecule has 2 aliphatic rings. The number of carbonyl (C=O) groups is 2. The van der Waals surface area contributed by atoms with Gasteiger partial charge >= 0.3 is 5.97 Å². The van der Waals surface area contributed by atoms with Gasteiger partial charge in [-0.25, -0.2) is 4.79 Å². The molecule has 2 atom stereocenters. The van der Waals surface area contributed by atoms with Gasteiger partial charge in [0.05, 0.1) is 32.8 Å². The number of benzene rings is 1. The molecule has 0 unspecified atom stereocenters. The Morgan fingerprint density at radius 3 is 2.58 bits per heavy atom. The number of dihydropyridines is 1. The van der Waals surface area contributed by atoms with Gasteiger partial charge in [-0.05, 0) is 43.0 Å². The summed E-state index contributed by atoms with van der Waals surface area (Å²) in [6.45, 7) is 1.86. The van der Waals surface area contributed by atoms with E-state index in [1.54, 1.807) is 14.2 Å². The number of hydrogen-bond acceptors (Lipinski definition) is 7. The SMILES string of the molecule is COC(=O)C1=C(C)NC2=C(C(=O)C[C@H](c3cc(OC)ccc3OC)C2)[C@H]1c1cccs1. The van der Waals surface area contributed by atoms with E-state index in [0.717, 1.165) is 33.3 Å². The van der Waals surface area contributed by atoms with Gasteiger partial charge in [0.2, 0.25) is 0 Å². The molecule has 6 nitrogen and oxygen atoms in total. The maximum absolute atomic E-state index is 13.5. The van der Waals surface area contributed by atoms with Gasteiger partial charge in [-0.2, -0.15) is 0 Å². The lowest BCUT2D eigenvalue weighted by Crippen LogP contribution is -2.35. The molecule has 0 spiro atoms. The molecule has 1 aliphatic carbocycles. The van der Waals surface area contributed by atoms with Crippen molar-refractivity contribution >= 4 is 23.1 Å². The summed E-state index contributed by atoms with van der Waals surface area (Å²) in [5.74, 6) is 0.593. The van der Waals surface area contributed by atoms with Gasteiger partial charge in [0.25, 0.3) is 0 Å². The molecule has 1 aliphatic heterocycles. The summed E-state index contributed by atoms with van der Waals surface area (Å²) in [5.41, 5.74) is 3.67. The third kappa shape index (κ3) is 3.74. The van der Waals surface area contributed by atoms with Crippen LogP contribution in [0, 0.1) is 0 Å². The smallest absolute Gasteiger partial charge is 0.336 e. The first-order valence-electron chi connectivity index (χ1n) is 10.1. The Balaban J connectivity index is 1.79. The number of hydrogen-bond donors (Lipinski definition) is 1. The third-order valence-electron chi connectivity index (χ3n) is 5.94. The van der Waals surface area contributed by atoms with Gasteiger partial charge < -0.3 is 19.5 Å². The van der Waals surface area contributed by atoms with Gasteiger partial charge in [-0.1, -0.05) is 6.07 Å². The topological polar surface area (TPSA) is 73.9 Å². The van der Waals surface area contributed by atoms with Gasteiger partial charge in [0.1, 0.15) is 11.5 Å². The minimum Gasteiger partial charge on any atom is -0.497 e. The normalized spacial score (nSPS) is 20.8. The molecule has 31 heavy (non-hydrogen) atoms. The molecule has 2 aromatic rings. The number of ether oxygens (including phenoxy) is 3. The average molecular weight is 440 g/mol. The van der Waals surface area contributed by atoms with Crippen molar-refractivity contribution in [1.82, 2.24) is 5.32 Å². The molecule has 0 amide bonds. The predicted octanol–water partition coefficient (Wildman–Crippen LogP) is 4.30. The van der Waals surface area contributed by atoms with Crippen LogP contribution in [0.15, 0.2) is 58.3 Å². The van der Waals surface area contributed by atoms with Crippen LogP contribution in [0.1, 0.15) is 42.0 Å². The number of carbonyl (C=O) groups excluding carboxylic acids is 2.